The molecule has 1 heterocycles. The number of rotatable bonds is 5. The first-order valence-corrected chi connectivity index (χ1v) is 12.2. The number of hydrogen-bond donors (Lipinski definition) is 0. The lowest BCUT2D eigenvalue weighted by atomic mass is 9.96. The van der Waals surface area contributed by atoms with Crippen LogP contribution in [-0.2, 0) is 39.1 Å². The molecule has 0 spiro atoms. The molecule has 0 radical (unpaired) electrons. The Balaban J connectivity index is 1.98. The summed E-state index contributed by atoms with van der Waals surface area (Å²) in [4.78, 5) is 11.0. The molecule has 2 aliphatic carbocycles. The minimum absolute atomic E-state index is 0.0110. The molecule has 0 N–H and O–H groups in total. The highest BCUT2D eigenvalue weighted by molar-refractivity contribution is 8.09. The lowest BCUT2D eigenvalue weighted by Gasteiger charge is -2.34. The van der Waals surface area contributed by atoms with Crippen molar-refractivity contribution in [3.8, 4) is 0 Å². The Kier molecular flexibility index (Phi) is 4.67. The molecule has 0 unspecified atom stereocenters. The van der Waals surface area contributed by atoms with Crippen molar-refractivity contribution in [1.29, 1.82) is 0 Å². The third-order valence-electron chi connectivity index (χ3n) is 5.19. The molecule has 1 aromatic heterocycles. The number of nitrogens with zero attached hydrogens (tertiary/aromatic N) is 3. The van der Waals surface area contributed by atoms with Crippen molar-refractivity contribution >= 4 is 31.3 Å². The van der Waals surface area contributed by atoms with Crippen molar-refractivity contribution in [2.75, 3.05) is 19.6 Å². The second-order valence-electron chi connectivity index (χ2n) is 7.13. The molecular weight excluding hydrogens is 386 g/mol. The van der Waals surface area contributed by atoms with E-state index < -0.39 is 23.8 Å². The lowest BCUT2D eigenvalue weighted by molar-refractivity contribution is 0.307. The molecule has 1 saturated carbocycles. The summed E-state index contributed by atoms with van der Waals surface area (Å²) in [5, 5.41) is 0.153. The quantitative estimate of drug-likeness (QED) is 0.671. The first kappa shape index (κ1) is 19.0. The Bertz CT molecular complexity index is 879. The SMILES string of the molecule is CN(Cc1nc(Cl)c2c(n1)CCC(S(C)(=O)=O)(S(C)(=O)=O)C2)C1CC1. The highest BCUT2D eigenvalue weighted by Crippen LogP contribution is 2.40. The molecule has 1 fully saturated rings. The lowest BCUT2D eigenvalue weighted by Crippen LogP contribution is -2.50. The van der Waals surface area contributed by atoms with Gasteiger partial charge in [0, 0.05) is 36.2 Å². The predicted octanol–water partition coefficient (Wildman–Crippen LogP) is 0.998. The van der Waals surface area contributed by atoms with Gasteiger partial charge >= 0.3 is 0 Å². The summed E-state index contributed by atoms with van der Waals surface area (Å²) in [5.41, 5.74) is 1.09. The maximum Gasteiger partial charge on any atom is 0.177 e. The van der Waals surface area contributed by atoms with Gasteiger partial charge in [0.15, 0.2) is 23.8 Å². The molecule has 0 bridgehead atoms. The van der Waals surface area contributed by atoms with Crippen molar-refractivity contribution in [1.82, 2.24) is 14.9 Å². The molecule has 140 valence electrons. The number of aromatic nitrogens is 2. The number of fused-ring (bicyclic) bond motifs is 1. The van der Waals surface area contributed by atoms with Crippen LogP contribution >= 0.6 is 11.6 Å². The van der Waals surface area contributed by atoms with Crippen molar-refractivity contribution in [2.24, 2.45) is 0 Å². The molecule has 1 aromatic rings. The summed E-state index contributed by atoms with van der Waals surface area (Å²) in [7, 11) is -5.69. The fourth-order valence-electron chi connectivity index (χ4n) is 3.44. The summed E-state index contributed by atoms with van der Waals surface area (Å²) < 4.78 is 47.3. The van der Waals surface area contributed by atoms with E-state index in [1.54, 1.807) is 0 Å². The molecule has 0 saturated heterocycles. The smallest absolute Gasteiger partial charge is 0.177 e. The molecule has 0 aliphatic heterocycles. The largest absolute Gasteiger partial charge is 0.296 e. The fraction of sp³-hybridized carbons (Fsp3) is 0.733. The topological polar surface area (TPSA) is 97.3 Å². The van der Waals surface area contributed by atoms with Gasteiger partial charge in [0.1, 0.15) is 11.0 Å². The van der Waals surface area contributed by atoms with Crippen molar-refractivity contribution in [3.05, 3.63) is 22.2 Å². The van der Waals surface area contributed by atoms with Gasteiger partial charge in [-0.1, -0.05) is 11.6 Å². The van der Waals surface area contributed by atoms with Crippen LogP contribution in [0, 0.1) is 0 Å². The Morgan fingerprint density at radius 2 is 1.76 bits per heavy atom. The average molecular weight is 408 g/mol. The van der Waals surface area contributed by atoms with Gasteiger partial charge in [-0.2, -0.15) is 0 Å². The van der Waals surface area contributed by atoms with Crippen LogP contribution < -0.4 is 0 Å². The van der Waals surface area contributed by atoms with Crippen LogP contribution in [0.3, 0.4) is 0 Å². The molecule has 0 aromatic carbocycles. The highest BCUT2D eigenvalue weighted by atomic mass is 35.5. The molecular formula is C15H22ClN3O4S2. The van der Waals surface area contributed by atoms with Crippen molar-refractivity contribution in [3.63, 3.8) is 0 Å². The highest BCUT2D eigenvalue weighted by Gasteiger charge is 2.53. The normalized spacial score (nSPS) is 20.5. The Labute approximate surface area is 153 Å². The van der Waals surface area contributed by atoms with Gasteiger partial charge in [-0.25, -0.2) is 26.8 Å². The maximum absolute atomic E-state index is 12.3. The summed E-state index contributed by atoms with van der Waals surface area (Å²) in [6.45, 7) is 0.570. The molecule has 25 heavy (non-hydrogen) atoms. The van der Waals surface area contributed by atoms with Gasteiger partial charge in [-0.05, 0) is 32.7 Å². The number of sulfone groups is 2. The summed E-state index contributed by atoms with van der Waals surface area (Å²) in [6.07, 6.45) is 4.30. The van der Waals surface area contributed by atoms with Crippen LogP contribution in [0.4, 0.5) is 0 Å². The van der Waals surface area contributed by atoms with E-state index in [1.165, 1.54) is 12.8 Å². The van der Waals surface area contributed by atoms with E-state index in [4.69, 9.17) is 11.6 Å². The van der Waals surface area contributed by atoms with Crippen molar-refractivity contribution in [2.45, 2.75) is 48.8 Å². The summed E-state index contributed by atoms with van der Waals surface area (Å²) >= 11 is 6.29. The van der Waals surface area contributed by atoms with Crippen LogP contribution in [0.25, 0.3) is 0 Å². The minimum atomic E-state index is -3.85. The number of hydrogen-bond acceptors (Lipinski definition) is 7. The van der Waals surface area contributed by atoms with E-state index >= 15 is 0 Å². The summed E-state index contributed by atoms with van der Waals surface area (Å²) in [5.74, 6) is 0.587. The number of aryl methyl sites for hydroxylation is 1. The first-order chi connectivity index (χ1) is 11.4. The first-order valence-electron chi connectivity index (χ1n) is 8.08. The van der Waals surface area contributed by atoms with Gasteiger partial charge in [-0.15, -0.1) is 0 Å². The standard InChI is InChI=1S/C15H22ClN3O4S2/c1-19(10-4-5-10)9-13-17-12-6-7-15(24(2,20)21,25(3,22)23)8-11(12)14(16)18-13/h10H,4-9H2,1-3H3. The zero-order chi connectivity index (χ0) is 18.6. The second-order valence-corrected chi connectivity index (χ2v) is 12.4. The third-order valence-corrected chi connectivity index (χ3v) is 10.7. The third kappa shape index (κ3) is 3.43. The van der Waals surface area contributed by atoms with E-state index in [1.807, 2.05) is 7.05 Å². The van der Waals surface area contributed by atoms with Gasteiger partial charge in [0.25, 0.3) is 0 Å². The van der Waals surface area contributed by atoms with Crippen molar-refractivity contribution < 1.29 is 16.8 Å². The molecule has 0 atom stereocenters. The van der Waals surface area contributed by atoms with Gasteiger partial charge < -0.3 is 0 Å². The maximum atomic E-state index is 12.3. The second kappa shape index (κ2) is 6.14. The zero-order valence-electron chi connectivity index (χ0n) is 14.5. The molecule has 0 amide bonds. The van der Waals surface area contributed by atoms with Gasteiger partial charge in [0.2, 0.25) is 0 Å². The Morgan fingerprint density at radius 1 is 1.16 bits per heavy atom. The van der Waals surface area contributed by atoms with Crippen LogP contribution in [0.2, 0.25) is 5.15 Å². The fourth-order valence-corrected chi connectivity index (χ4v) is 7.67. The minimum Gasteiger partial charge on any atom is -0.296 e. The van der Waals surface area contributed by atoms with E-state index in [-0.39, 0.29) is 24.4 Å². The predicted molar refractivity (Wildman–Crippen MR) is 96.0 cm³/mol. The molecule has 10 heteroatoms. The Hall–Kier alpha value is -0.770. The van der Waals surface area contributed by atoms with E-state index in [0.717, 1.165) is 12.5 Å². The zero-order valence-corrected chi connectivity index (χ0v) is 16.9. The molecule has 3 rings (SSSR count). The Morgan fingerprint density at radius 3 is 2.28 bits per heavy atom. The van der Waals surface area contributed by atoms with E-state index in [9.17, 15) is 16.8 Å². The van der Waals surface area contributed by atoms with Crippen LogP contribution in [0.5, 0.6) is 0 Å². The van der Waals surface area contributed by atoms with Crippen LogP contribution in [-0.4, -0.2) is 61.4 Å². The van der Waals surface area contributed by atoms with Gasteiger partial charge in [-0.3, -0.25) is 4.90 Å². The van der Waals surface area contributed by atoms with E-state index in [0.29, 0.717) is 29.7 Å². The van der Waals surface area contributed by atoms with Crippen LogP contribution in [0.15, 0.2) is 0 Å². The molecule has 7 nitrogen and oxygen atoms in total. The monoisotopic (exact) mass is 407 g/mol. The van der Waals surface area contributed by atoms with Gasteiger partial charge in [0.05, 0.1) is 6.54 Å². The van der Waals surface area contributed by atoms with Crippen LogP contribution in [0.1, 0.15) is 36.3 Å². The van der Waals surface area contributed by atoms with E-state index in [2.05, 4.69) is 14.9 Å². The average Bonchev–Trinajstić information content (AvgIpc) is 3.29. The molecule has 2 aliphatic rings. The number of halogens is 1. The summed E-state index contributed by atoms with van der Waals surface area (Å²) in [6, 6.07) is 0.557.